The molecule has 0 spiro atoms. The Balaban J connectivity index is 2.24. The van der Waals surface area contributed by atoms with E-state index in [9.17, 15) is 0 Å². The average molecular weight is 247 g/mol. The summed E-state index contributed by atoms with van der Waals surface area (Å²) in [5.74, 6) is 1.44. The second-order valence-electron chi connectivity index (χ2n) is 4.87. The molecule has 0 N–H and O–H groups in total. The van der Waals surface area contributed by atoms with Gasteiger partial charge in [-0.3, -0.25) is 0 Å². The van der Waals surface area contributed by atoms with Crippen molar-refractivity contribution in [3.63, 3.8) is 0 Å². The molecule has 2 aromatic rings. The maximum atomic E-state index is 4.79. The minimum atomic E-state index is 0.641. The van der Waals surface area contributed by atoms with Gasteiger partial charge in [-0.1, -0.05) is 39.3 Å². The summed E-state index contributed by atoms with van der Waals surface area (Å²) in [4.78, 5) is 4.79. The van der Waals surface area contributed by atoms with Crippen LogP contribution in [0.3, 0.4) is 0 Å². The largest absolute Gasteiger partial charge is 0.241 e. The molecule has 0 aliphatic rings. The lowest BCUT2D eigenvalue weighted by Crippen LogP contribution is -2.03. The van der Waals surface area contributed by atoms with Gasteiger partial charge in [0.05, 0.1) is 15.2 Å². The van der Waals surface area contributed by atoms with Crippen LogP contribution in [0.2, 0.25) is 0 Å². The second-order valence-corrected chi connectivity index (χ2v) is 5.94. The molecule has 2 heteroatoms. The Hall–Kier alpha value is -0.890. The number of hydrogen-bond donors (Lipinski definition) is 0. The predicted molar refractivity (Wildman–Crippen MR) is 76.7 cm³/mol. The molecule has 2 unspecified atom stereocenters. The Bertz CT molecular complexity index is 441. The van der Waals surface area contributed by atoms with E-state index in [2.05, 4.69) is 45.0 Å². The van der Waals surface area contributed by atoms with Crippen LogP contribution in [0, 0.1) is 5.92 Å². The molecule has 0 fully saturated rings. The summed E-state index contributed by atoms with van der Waals surface area (Å²) >= 11 is 1.87. The summed E-state index contributed by atoms with van der Waals surface area (Å²) in [5.41, 5.74) is 1.16. The van der Waals surface area contributed by atoms with Gasteiger partial charge >= 0.3 is 0 Å². The van der Waals surface area contributed by atoms with Crippen LogP contribution in [0.1, 0.15) is 51.0 Å². The summed E-state index contributed by atoms with van der Waals surface area (Å²) in [7, 11) is 0. The number of nitrogens with zero attached hydrogens (tertiary/aromatic N) is 1. The van der Waals surface area contributed by atoms with Gasteiger partial charge in [-0.05, 0) is 30.9 Å². The number of benzene rings is 1. The Kier molecular flexibility index (Phi) is 4.16. The van der Waals surface area contributed by atoms with Gasteiger partial charge in [0.25, 0.3) is 0 Å². The minimum absolute atomic E-state index is 0.641. The SMILES string of the molecule is CCC(C)CC(CC)c1nc2ccccc2s1. The van der Waals surface area contributed by atoms with E-state index < -0.39 is 0 Å². The summed E-state index contributed by atoms with van der Waals surface area (Å²) in [6.45, 7) is 6.89. The summed E-state index contributed by atoms with van der Waals surface area (Å²) < 4.78 is 1.32. The minimum Gasteiger partial charge on any atom is -0.241 e. The van der Waals surface area contributed by atoms with Gasteiger partial charge < -0.3 is 0 Å². The van der Waals surface area contributed by atoms with Gasteiger partial charge in [0, 0.05) is 5.92 Å². The number of rotatable bonds is 5. The van der Waals surface area contributed by atoms with Gasteiger partial charge in [-0.2, -0.15) is 0 Å². The van der Waals surface area contributed by atoms with Crippen LogP contribution >= 0.6 is 11.3 Å². The summed E-state index contributed by atoms with van der Waals surface area (Å²) in [6, 6.07) is 8.46. The Morgan fingerprint density at radius 3 is 2.59 bits per heavy atom. The molecule has 1 aromatic heterocycles. The molecule has 0 saturated heterocycles. The lowest BCUT2D eigenvalue weighted by molar-refractivity contribution is 0.446. The number of thiazole rings is 1. The highest BCUT2D eigenvalue weighted by molar-refractivity contribution is 7.18. The second kappa shape index (κ2) is 5.63. The molecule has 1 nitrogen and oxygen atoms in total. The van der Waals surface area contributed by atoms with Crippen LogP contribution in [0.15, 0.2) is 24.3 Å². The van der Waals surface area contributed by atoms with Crippen molar-refractivity contribution in [1.29, 1.82) is 0 Å². The van der Waals surface area contributed by atoms with Crippen LogP contribution in [-0.4, -0.2) is 4.98 Å². The van der Waals surface area contributed by atoms with Crippen molar-refractivity contribution in [3.05, 3.63) is 29.3 Å². The lowest BCUT2D eigenvalue weighted by atomic mass is 9.92. The molecule has 0 aliphatic heterocycles. The van der Waals surface area contributed by atoms with Crippen molar-refractivity contribution in [1.82, 2.24) is 4.98 Å². The number of aromatic nitrogens is 1. The monoisotopic (exact) mass is 247 g/mol. The van der Waals surface area contributed by atoms with Crippen LogP contribution in [0.4, 0.5) is 0 Å². The fourth-order valence-electron chi connectivity index (χ4n) is 2.16. The van der Waals surface area contributed by atoms with E-state index in [-0.39, 0.29) is 0 Å². The van der Waals surface area contributed by atoms with Gasteiger partial charge in [0.2, 0.25) is 0 Å². The highest BCUT2D eigenvalue weighted by Gasteiger charge is 2.16. The topological polar surface area (TPSA) is 12.9 Å². The normalized spacial score (nSPS) is 15.0. The maximum Gasteiger partial charge on any atom is 0.0969 e. The molecule has 0 saturated carbocycles. The third-order valence-corrected chi connectivity index (χ3v) is 4.74. The fraction of sp³-hybridized carbons (Fsp3) is 0.533. The van der Waals surface area contributed by atoms with Crippen molar-refractivity contribution >= 4 is 21.6 Å². The van der Waals surface area contributed by atoms with Gasteiger partial charge in [0.15, 0.2) is 0 Å². The van der Waals surface area contributed by atoms with Gasteiger partial charge in [-0.25, -0.2) is 4.98 Å². The molecule has 0 aliphatic carbocycles. The first-order valence-electron chi connectivity index (χ1n) is 6.60. The van der Waals surface area contributed by atoms with E-state index in [0.717, 1.165) is 11.4 Å². The molecule has 1 aromatic carbocycles. The van der Waals surface area contributed by atoms with Crippen LogP contribution in [-0.2, 0) is 0 Å². The van der Waals surface area contributed by atoms with E-state index in [4.69, 9.17) is 4.98 Å². The quantitative estimate of drug-likeness (QED) is 0.705. The van der Waals surface area contributed by atoms with Gasteiger partial charge in [0.1, 0.15) is 0 Å². The molecule has 1 heterocycles. The molecule has 2 atom stereocenters. The standard InChI is InChI=1S/C15H21NS/c1-4-11(3)10-12(5-2)15-16-13-8-6-7-9-14(13)17-15/h6-9,11-12H,4-5,10H2,1-3H3. The molecule has 0 radical (unpaired) electrons. The fourth-order valence-corrected chi connectivity index (χ4v) is 3.32. The zero-order valence-electron chi connectivity index (χ0n) is 10.9. The first-order valence-corrected chi connectivity index (χ1v) is 7.41. The molecular formula is C15H21NS. The van der Waals surface area contributed by atoms with E-state index in [1.807, 2.05) is 11.3 Å². The Labute approximate surface area is 108 Å². The smallest absolute Gasteiger partial charge is 0.0969 e. The lowest BCUT2D eigenvalue weighted by Gasteiger charge is -2.16. The Morgan fingerprint density at radius 2 is 1.94 bits per heavy atom. The predicted octanol–water partition coefficient (Wildman–Crippen LogP) is 5.23. The number of para-hydroxylation sites is 1. The highest BCUT2D eigenvalue weighted by Crippen LogP contribution is 2.33. The van der Waals surface area contributed by atoms with Crippen molar-refractivity contribution in [2.45, 2.75) is 46.0 Å². The maximum absolute atomic E-state index is 4.79. The van der Waals surface area contributed by atoms with Crippen molar-refractivity contribution < 1.29 is 0 Å². The van der Waals surface area contributed by atoms with Crippen LogP contribution in [0.5, 0.6) is 0 Å². The highest BCUT2D eigenvalue weighted by atomic mass is 32.1. The number of fused-ring (bicyclic) bond motifs is 1. The number of hydrogen-bond acceptors (Lipinski definition) is 2. The molecular weight excluding hydrogens is 226 g/mol. The zero-order chi connectivity index (χ0) is 12.3. The zero-order valence-corrected chi connectivity index (χ0v) is 11.8. The third kappa shape index (κ3) is 2.86. The molecule has 2 rings (SSSR count). The van der Waals surface area contributed by atoms with Gasteiger partial charge in [-0.15, -0.1) is 11.3 Å². The van der Waals surface area contributed by atoms with Crippen molar-refractivity contribution in [3.8, 4) is 0 Å². The summed E-state index contributed by atoms with van der Waals surface area (Å²) in [6.07, 6.45) is 3.73. The molecule has 0 amide bonds. The molecule has 0 bridgehead atoms. The van der Waals surface area contributed by atoms with Crippen LogP contribution in [0.25, 0.3) is 10.2 Å². The van der Waals surface area contributed by atoms with E-state index >= 15 is 0 Å². The third-order valence-electron chi connectivity index (χ3n) is 3.54. The van der Waals surface area contributed by atoms with E-state index in [1.165, 1.54) is 29.0 Å². The van der Waals surface area contributed by atoms with Crippen molar-refractivity contribution in [2.24, 2.45) is 5.92 Å². The molecule has 92 valence electrons. The first-order chi connectivity index (χ1) is 8.24. The van der Waals surface area contributed by atoms with Crippen molar-refractivity contribution in [2.75, 3.05) is 0 Å². The van der Waals surface area contributed by atoms with E-state index in [0.29, 0.717) is 5.92 Å². The first kappa shape index (κ1) is 12.6. The van der Waals surface area contributed by atoms with Crippen LogP contribution < -0.4 is 0 Å². The molecule has 17 heavy (non-hydrogen) atoms. The summed E-state index contributed by atoms with van der Waals surface area (Å²) in [5, 5.41) is 1.33. The Morgan fingerprint density at radius 1 is 1.18 bits per heavy atom. The average Bonchev–Trinajstić information content (AvgIpc) is 2.78. The van der Waals surface area contributed by atoms with E-state index in [1.54, 1.807) is 0 Å².